The Morgan fingerprint density at radius 2 is 2.10 bits per heavy atom. The zero-order chi connectivity index (χ0) is 13.9. The van der Waals surface area contributed by atoms with Crippen LogP contribution in [0.4, 0.5) is 5.82 Å². The highest BCUT2D eigenvalue weighted by atomic mass is 15.3. The molecule has 3 rings (SSSR count). The van der Waals surface area contributed by atoms with Crippen LogP contribution in [0.3, 0.4) is 0 Å². The molecule has 1 atom stereocenters. The number of hydrogen-bond donors (Lipinski definition) is 1. The van der Waals surface area contributed by atoms with Crippen molar-refractivity contribution in [1.82, 2.24) is 9.88 Å². The van der Waals surface area contributed by atoms with E-state index in [1.165, 1.54) is 49.3 Å². The second-order valence-electron chi connectivity index (χ2n) is 6.15. The average molecular weight is 274 g/mol. The third kappa shape index (κ3) is 2.81. The number of nitrogens with zero attached hydrogens (tertiary/aromatic N) is 3. The molecule has 0 amide bonds. The molecule has 1 aromatic rings. The monoisotopic (exact) mass is 274 g/mol. The van der Waals surface area contributed by atoms with Gasteiger partial charge in [-0.25, -0.2) is 4.98 Å². The Morgan fingerprint density at radius 3 is 2.80 bits per heavy atom. The summed E-state index contributed by atoms with van der Waals surface area (Å²) in [6, 6.07) is 2.99. The molecular weight excluding hydrogens is 248 g/mol. The number of hydrogen-bond acceptors (Lipinski definition) is 4. The predicted octanol–water partition coefficient (Wildman–Crippen LogP) is 1.57. The molecule has 0 bridgehead atoms. The zero-order valence-corrected chi connectivity index (χ0v) is 12.5. The maximum Gasteiger partial charge on any atom is 0.131 e. The van der Waals surface area contributed by atoms with Crippen LogP contribution in [-0.2, 0) is 6.42 Å². The van der Waals surface area contributed by atoms with E-state index in [0.29, 0.717) is 6.54 Å². The summed E-state index contributed by atoms with van der Waals surface area (Å²) in [6.45, 7) is 7.74. The molecule has 2 aliphatic rings. The molecule has 1 unspecified atom stereocenters. The first kappa shape index (κ1) is 13.8. The van der Waals surface area contributed by atoms with Crippen molar-refractivity contribution >= 4 is 5.82 Å². The van der Waals surface area contributed by atoms with Crippen LogP contribution in [0, 0.1) is 6.92 Å². The van der Waals surface area contributed by atoms with Gasteiger partial charge in [0.1, 0.15) is 5.82 Å². The summed E-state index contributed by atoms with van der Waals surface area (Å²) >= 11 is 0. The minimum atomic E-state index is 0.696. The highest BCUT2D eigenvalue weighted by Crippen LogP contribution is 2.26. The fourth-order valence-corrected chi connectivity index (χ4v) is 3.60. The summed E-state index contributed by atoms with van der Waals surface area (Å²) in [7, 11) is 0. The molecule has 4 heteroatoms. The normalized spacial score (nSPS) is 23.7. The number of pyridine rings is 1. The van der Waals surface area contributed by atoms with Gasteiger partial charge in [0.25, 0.3) is 0 Å². The van der Waals surface area contributed by atoms with E-state index in [4.69, 9.17) is 10.7 Å². The average Bonchev–Trinajstić information content (AvgIpc) is 3.10. The molecule has 0 radical (unpaired) electrons. The molecular formula is C16H26N4. The number of aryl methyl sites for hydroxylation is 1. The second-order valence-corrected chi connectivity index (χ2v) is 6.15. The van der Waals surface area contributed by atoms with Crippen LogP contribution in [0.25, 0.3) is 0 Å². The fraction of sp³-hybridized carbons (Fsp3) is 0.688. The molecule has 0 saturated carbocycles. The second kappa shape index (κ2) is 6.10. The molecule has 0 aromatic carbocycles. The SMILES string of the molecule is Cc1cc(CCN)cnc1N1CCC(N2CCCC2)C1. The summed E-state index contributed by atoms with van der Waals surface area (Å²) in [4.78, 5) is 9.82. The van der Waals surface area contributed by atoms with Gasteiger partial charge in [-0.3, -0.25) is 4.90 Å². The lowest BCUT2D eigenvalue weighted by atomic mass is 10.1. The fourth-order valence-electron chi connectivity index (χ4n) is 3.60. The first-order valence-corrected chi connectivity index (χ1v) is 7.92. The highest BCUT2D eigenvalue weighted by molar-refractivity contribution is 5.48. The van der Waals surface area contributed by atoms with Crippen molar-refractivity contribution in [3.05, 3.63) is 23.4 Å². The van der Waals surface area contributed by atoms with Crippen LogP contribution in [-0.4, -0.2) is 48.6 Å². The van der Waals surface area contributed by atoms with Crippen LogP contribution >= 0.6 is 0 Å². The molecule has 2 N–H and O–H groups in total. The van der Waals surface area contributed by atoms with Crippen LogP contribution in [0.15, 0.2) is 12.3 Å². The summed E-state index contributed by atoms with van der Waals surface area (Å²) in [5, 5.41) is 0. The van der Waals surface area contributed by atoms with Crippen molar-refractivity contribution in [2.24, 2.45) is 5.73 Å². The van der Waals surface area contributed by atoms with Crippen molar-refractivity contribution in [1.29, 1.82) is 0 Å². The Hall–Kier alpha value is -1.13. The maximum absolute atomic E-state index is 5.62. The van der Waals surface area contributed by atoms with Gasteiger partial charge in [0.05, 0.1) is 0 Å². The van der Waals surface area contributed by atoms with E-state index in [1.54, 1.807) is 0 Å². The molecule has 0 spiro atoms. The lowest BCUT2D eigenvalue weighted by molar-refractivity contribution is 0.260. The van der Waals surface area contributed by atoms with Gasteiger partial charge in [-0.15, -0.1) is 0 Å². The van der Waals surface area contributed by atoms with E-state index < -0.39 is 0 Å². The van der Waals surface area contributed by atoms with Crippen LogP contribution in [0.1, 0.15) is 30.4 Å². The highest BCUT2D eigenvalue weighted by Gasteiger charge is 2.30. The number of rotatable bonds is 4. The minimum absolute atomic E-state index is 0.696. The van der Waals surface area contributed by atoms with Gasteiger partial charge in [-0.05, 0) is 63.4 Å². The topological polar surface area (TPSA) is 45.4 Å². The molecule has 110 valence electrons. The van der Waals surface area contributed by atoms with E-state index in [1.807, 2.05) is 6.20 Å². The number of nitrogens with two attached hydrogens (primary N) is 1. The molecule has 2 aliphatic heterocycles. The van der Waals surface area contributed by atoms with Gasteiger partial charge >= 0.3 is 0 Å². The third-order valence-corrected chi connectivity index (χ3v) is 4.66. The summed E-state index contributed by atoms with van der Waals surface area (Å²) in [5.74, 6) is 1.17. The largest absolute Gasteiger partial charge is 0.355 e. The zero-order valence-electron chi connectivity index (χ0n) is 12.5. The standard InChI is InChI=1S/C16H26N4/c1-13-10-14(4-6-17)11-18-16(13)20-9-5-15(12-20)19-7-2-3-8-19/h10-11,15H,2-9,12,17H2,1H3. The molecule has 20 heavy (non-hydrogen) atoms. The Kier molecular flexibility index (Phi) is 4.22. The third-order valence-electron chi connectivity index (χ3n) is 4.66. The van der Waals surface area contributed by atoms with Crippen molar-refractivity contribution in [3.63, 3.8) is 0 Å². The van der Waals surface area contributed by atoms with Crippen LogP contribution in [0.5, 0.6) is 0 Å². The smallest absolute Gasteiger partial charge is 0.131 e. The molecule has 2 saturated heterocycles. The van der Waals surface area contributed by atoms with E-state index in [-0.39, 0.29) is 0 Å². The first-order valence-electron chi connectivity index (χ1n) is 7.92. The van der Waals surface area contributed by atoms with Crippen LogP contribution < -0.4 is 10.6 Å². The van der Waals surface area contributed by atoms with Gasteiger partial charge in [-0.1, -0.05) is 6.07 Å². The minimum Gasteiger partial charge on any atom is -0.355 e. The van der Waals surface area contributed by atoms with E-state index in [0.717, 1.165) is 25.6 Å². The Bertz CT molecular complexity index is 454. The quantitative estimate of drug-likeness (QED) is 0.905. The van der Waals surface area contributed by atoms with Gasteiger partial charge in [-0.2, -0.15) is 0 Å². The molecule has 1 aromatic heterocycles. The summed E-state index contributed by atoms with van der Waals surface area (Å²) in [6.07, 6.45) is 6.96. The van der Waals surface area contributed by atoms with E-state index >= 15 is 0 Å². The Labute approximate surface area is 122 Å². The lowest BCUT2D eigenvalue weighted by Crippen LogP contribution is -2.35. The summed E-state index contributed by atoms with van der Waals surface area (Å²) in [5.41, 5.74) is 8.16. The van der Waals surface area contributed by atoms with E-state index in [2.05, 4.69) is 22.8 Å². The van der Waals surface area contributed by atoms with Gasteiger partial charge in [0.15, 0.2) is 0 Å². The maximum atomic E-state index is 5.62. The number of anilines is 1. The molecule has 4 nitrogen and oxygen atoms in total. The van der Waals surface area contributed by atoms with Gasteiger partial charge in [0.2, 0.25) is 0 Å². The number of likely N-dealkylation sites (tertiary alicyclic amines) is 1. The molecule has 0 aliphatic carbocycles. The molecule has 2 fully saturated rings. The van der Waals surface area contributed by atoms with E-state index in [9.17, 15) is 0 Å². The molecule has 3 heterocycles. The lowest BCUT2D eigenvalue weighted by Gasteiger charge is -2.24. The number of aromatic nitrogens is 1. The van der Waals surface area contributed by atoms with Crippen molar-refractivity contribution < 1.29 is 0 Å². The van der Waals surface area contributed by atoms with Crippen LogP contribution in [0.2, 0.25) is 0 Å². The van der Waals surface area contributed by atoms with Crippen molar-refractivity contribution in [2.45, 2.75) is 38.6 Å². The Balaban J connectivity index is 1.67. The van der Waals surface area contributed by atoms with Crippen molar-refractivity contribution in [2.75, 3.05) is 37.6 Å². The first-order chi connectivity index (χ1) is 9.78. The summed E-state index contributed by atoms with van der Waals surface area (Å²) < 4.78 is 0. The van der Waals surface area contributed by atoms with Gasteiger partial charge in [0, 0.05) is 25.3 Å². The Morgan fingerprint density at radius 1 is 1.30 bits per heavy atom. The predicted molar refractivity (Wildman–Crippen MR) is 83.2 cm³/mol. The van der Waals surface area contributed by atoms with Crippen molar-refractivity contribution in [3.8, 4) is 0 Å². The van der Waals surface area contributed by atoms with Gasteiger partial charge < -0.3 is 10.6 Å².